The lowest BCUT2D eigenvalue weighted by Gasteiger charge is -2.41. The summed E-state index contributed by atoms with van der Waals surface area (Å²) in [7, 11) is -3.25. The van der Waals surface area contributed by atoms with Crippen molar-refractivity contribution in [2.75, 3.05) is 18.8 Å². The molecule has 1 unspecified atom stereocenters. The molecule has 3 rings (SSSR count). The third-order valence-corrected chi connectivity index (χ3v) is 7.98. The molecule has 1 fully saturated rings. The van der Waals surface area contributed by atoms with E-state index < -0.39 is 15.4 Å². The average molecular weight is 415 g/mol. The lowest BCUT2D eigenvalue weighted by Crippen LogP contribution is -2.53. The van der Waals surface area contributed by atoms with E-state index in [0.29, 0.717) is 25.9 Å². The van der Waals surface area contributed by atoms with Gasteiger partial charge in [-0.15, -0.1) is 0 Å². The van der Waals surface area contributed by atoms with E-state index in [9.17, 15) is 13.2 Å². The third-order valence-electron chi connectivity index (χ3n) is 6.10. The smallest absolute Gasteiger partial charge is 0.231 e. The molecule has 5 nitrogen and oxygen atoms in total. The zero-order valence-corrected chi connectivity index (χ0v) is 18.2. The van der Waals surface area contributed by atoms with E-state index in [2.05, 4.69) is 5.32 Å². The maximum absolute atomic E-state index is 13.6. The Morgan fingerprint density at radius 1 is 1.07 bits per heavy atom. The molecular formula is C23H30N2O3S. The van der Waals surface area contributed by atoms with Crippen molar-refractivity contribution in [3.63, 3.8) is 0 Å². The molecule has 2 aromatic rings. The van der Waals surface area contributed by atoms with E-state index in [-0.39, 0.29) is 17.7 Å². The summed E-state index contributed by atoms with van der Waals surface area (Å²) < 4.78 is 26.1. The zero-order chi connectivity index (χ0) is 21.1. The number of amides is 1. The van der Waals surface area contributed by atoms with Crippen LogP contribution in [0.4, 0.5) is 0 Å². The fraction of sp³-hybridized carbons (Fsp3) is 0.435. The van der Waals surface area contributed by atoms with Crippen LogP contribution in [0.2, 0.25) is 0 Å². The van der Waals surface area contributed by atoms with Crippen LogP contribution in [0.25, 0.3) is 0 Å². The van der Waals surface area contributed by atoms with Crippen molar-refractivity contribution in [2.24, 2.45) is 0 Å². The third kappa shape index (κ3) is 4.38. The molecule has 1 atom stereocenters. The normalized spacial score (nSPS) is 18.2. The Hall–Kier alpha value is -2.18. The number of aryl methyl sites for hydroxylation is 1. The summed E-state index contributed by atoms with van der Waals surface area (Å²) in [4.78, 5) is 13.6. The van der Waals surface area contributed by atoms with Crippen LogP contribution in [0.5, 0.6) is 0 Å². The van der Waals surface area contributed by atoms with Crippen LogP contribution in [0.3, 0.4) is 0 Å². The molecule has 1 N–H and O–H groups in total. The maximum Gasteiger partial charge on any atom is 0.231 e. The van der Waals surface area contributed by atoms with E-state index in [1.165, 1.54) is 4.31 Å². The number of sulfonamides is 1. The predicted octanol–water partition coefficient (Wildman–Crippen LogP) is 3.56. The first kappa shape index (κ1) is 21.5. The Labute approximate surface area is 174 Å². The number of rotatable bonds is 6. The van der Waals surface area contributed by atoms with Crippen molar-refractivity contribution in [3.8, 4) is 0 Å². The molecule has 0 radical (unpaired) electrons. The lowest BCUT2D eigenvalue weighted by atomic mass is 9.72. The van der Waals surface area contributed by atoms with E-state index in [4.69, 9.17) is 0 Å². The van der Waals surface area contributed by atoms with Crippen molar-refractivity contribution in [2.45, 2.75) is 45.1 Å². The van der Waals surface area contributed by atoms with Crippen LogP contribution >= 0.6 is 0 Å². The molecule has 0 bridgehead atoms. The quantitative estimate of drug-likeness (QED) is 0.786. The van der Waals surface area contributed by atoms with Crippen LogP contribution in [0, 0.1) is 6.92 Å². The minimum atomic E-state index is -3.25. The monoisotopic (exact) mass is 414 g/mol. The number of hydrogen-bond acceptors (Lipinski definition) is 3. The second-order valence-corrected chi connectivity index (χ2v) is 10.1. The first-order chi connectivity index (χ1) is 13.8. The van der Waals surface area contributed by atoms with E-state index in [1.54, 1.807) is 6.92 Å². The molecule has 2 aromatic carbocycles. The van der Waals surface area contributed by atoms with Crippen LogP contribution in [-0.4, -0.2) is 37.5 Å². The van der Waals surface area contributed by atoms with Crippen LogP contribution in [0.15, 0.2) is 54.6 Å². The van der Waals surface area contributed by atoms with Gasteiger partial charge >= 0.3 is 0 Å². The van der Waals surface area contributed by atoms with E-state index in [0.717, 1.165) is 16.7 Å². The van der Waals surface area contributed by atoms with Gasteiger partial charge in [0.1, 0.15) is 0 Å². The summed E-state index contributed by atoms with van der Waals surface area (Å²) in [6.07, 6.45) is 0.950. The number of nitrogens with zero attached hydrogens (tertiary/aromatic N) is 1. The molecule has 1 heterocycles. The summed E-state index contributed by atoms with van der Waals surface area (Å²) in [5.74, 6) is 0.0509. The van der Waals surface area contributed by atoms with Crippen molar-refractivity contribution in [1.82, 2.24) is 9.62 Å². The average Bonchev–Trinajstić information content (AvgIpc) is 2.74. The summed E-state index contributed by atoms with van der Waals surface area (Å²) in [5, 5.41) is 3.21. The zero-order valence-electron chi connectivity index (χ0n) is 17.4. The topological polar surface area (TPSA) is 66.5 Å². The van der Waals surface area contributed by atoms with Crippen LogP contribution in [-0.2, 0) is 20.2 Å². The summed E-state index contributed by atoms with van der Waals surface area (Å²) in [5.41, 5.74) is 2.45. The van der Waals surface area contributed by atoms with Gasteiger partial charge in [-0.1, -0.05) is 54.6 Å². The highest BCUT2D eigenvalue weighted by atomic mass is 32.2. The minimum absolute atomic E-state index is 0.0343. The number of piperidine rings is 1. The Morgan fingerprint density at radius 2 is 1.66 bits per heavy atom. The second-order valence-electron chi connectivity index (χ2n) is 7.80. The fourth-order valence-electron chi connectivity index (χ4n) is 4.22. The summed E-state index contributed by atoms with van der Waals surface area (Å²) >= 11 is 0. The molecule has 0 spiro atoms. The van der Waals surface area contributed by atoms with Gasteiger partial charge in [0.2, 0.25) is 15.9 Å². The second kappa shape index (κ2) is 8.67. The molecular weight excluding hydrogens is 384 g/mol. The van der Waals surface area contributed by atoms with Crippen molar-refractivity contribution in [3.05, 3.63) is 71.3 Å². The lowest BCUT2D eigenvalue weighted by molar-refractivity contribution is -0.129. The Morgan fingerprint density at radius 3 is 2.24 bits per heavy atom. The van der Waals surface area contributed by atoms with Gasteiger partial charge in [-0.2, -0.15) is 0 Å². The van der Waals surface area contributed by atoms with Gasteiger partial charge < -0.3 is 5.32 Å². The molecule has 6 heteroatoms. The molecule has 0 aromatic heterocycles. The number of nitrogens with one attached hydrogen (secondary N) is 1. The van der Waals surface area contributed by atoms with Gasteiger partial charge in [0, 0.05) is 13.1 Å². The summed E-state index contributed by atoms with van der Waals surface area (Å²) in [6.45, 7) is 6.41. The highest BCUT2D eigenvalue weighted by Crippen LogP contribution is 2.37. The molecule has 156 valence electrons. The number of carbonyl (C=O) groups is 1. The number of carbonyl (C=O) groups excluding carboxylic acids is 1. The standard InChI is InChI=1S/C23H30N2O3S/c1-4-29(27,28)25-16-14-23(15-17-25,20-11-6-5-7-12-20)22(26)24-19(3)21-13-9-8-10-18(21)2/h5-13,19H,4,14-17H2,1-3H3,(H,24,26). The predicted molar refractivity (Wildman–Crippen MR) is 116 cm³/mol. The van der Waals surface area contributed by atoms with Gasteiger partial charge in [0.25, 0.3) is 0 Å². The van der Waals surface area contributed by atoms with Crippen LogP contribution in [0.1, 0.15) is 49.4 Å². The largest absolute Gasteiger partial charge is 0.349 e. The molecule has 0 aliphatic carbocycles. The molecule has 1 aliphatic heterocycles. The van der Waals surface area contributed by atoms with Gasteiger partial charge in [-0.3, -0.25) is 4.79 Å². The van der Waals surface area contributed by atoms with Gasteiger partial charge in [-0.25, -0.2) is 12.7 Å². The van der Waals surface area contributed by atoms with Crippen molar-refractivity contribution >= 4 is 15.9 Å². The van der Waals surface area contributed by atoms with Gasteiger partial charge in [0.05, 0.1) is 17.2 Å². The first-order valence-electron chi connectivity index (χ1n) is 10.2. The van der Waals surface area contributed by atoms with Gasteiger partial charge in [-0.05, 0) is 50.3 Å². The number of hydrogen-bond donors (Lipinski definition) is 1. The molecule has 1 saturated heterocycles. The Bertz CT molecular complexity index is 949. The molecule has 29 heavy (non-hydrogen) atoms. The van der Waals surface area contributed by atoms with E-state index >= 15 is 0 Å². The van der Waals surface area contributed by atoms with Gasteiger partial charge in [0.15, 0.2) is 0 Å². The van der Waals surface area contributed by atoms with Crippen molar-refractivity contribution < 1.29 is 13.2 Å². The number of benzene rings is 2. The minimum Gasteiger partial charge on any atom is -0.349 e. The van der Waals surface area contributed by atoms with Crippen LogP contribution < -0.4 is 5.32 Å². The highest BCUT2D eigenvalue weighted by molar-refractivity contribution is 7.89. The SMILES string of the molecule is CCS(=O)(=O)N1CCC(C(=O)NC(C)c2ccccc2C)(c2ccccc2)CC1. The Kier molecular flexibility index (Phi) is 6.44. The van der Waals surface area contributed by atoms with Crippen molar-refractivity contribution in [1.29, 1.82) is 0 Å². The highest BCUT2D eigenvalue weighted by Gasteiger charge is 2.45. The summed E-state index contributed by atoms with van der Waals surface area (Å²) in [6, 6.07) is 17.7. The Balaban J connectivity index is 1.87. The molecule has 0 saturated carbocycles. The van der Waals surface area contributed by atoms with E-state index in [1.807, 2.05) is 68.4 Å². The molecule has 1 aliphatic rings. The maximum atomic E-state index is 13.6. The first-order valence-corrected chi connectivity index (χ1v) is 11.8. The fourth-order valence-corrected chi connectivity index (χ4v) is 5.32. The molecule has 1 amide bonds.